The number of aromatic nitrogens is 2. The maximum absolute atomic E-state index is 6.15. The number of hydrogen-bond donors (Lipinski definition) is 1. The van der Waals surface area contributed by atoms with Crippen molar-refractivity contribution >= 4 is 11.6 Å². The Morgan fingerprint density at radius 2 is 2.12 bits per heavy atom. The fraction of sp³-hybridized carbons (Fsp3) is 0.667. The Morgan fingerprint density at radius 3 is 2.88 bits per heavy atom. The molecule has 0 aliphatic heterocycles. The summed E-state index contributed by atoms with van der Waals surface area (Å²) in [5.74, 6) is 1.58. The van der Waals surface area contributed by atoms with Crippen molar-refractivity contribution in [3.8, 4) is 0 Å². The predicted octanol–water partition coefficient (Wildman–Crippen LogP) is 2.36. The lowest BCUT2D eigenvalue weighted by molar-refractivity contribution is 0.345. The lowest BCUT2D eigenvalue weighted by Crippen LogP contribution is -2.27. The Kier molecular flexibility index (Phi) is 4.55. The van der Waals surface area contributed by atoms with E-state index in [1.807, 2.05) is 6.07 Å². The molecule has 0 radical (unpaired) electrons. The van der Waals surface area contributed by atoms with Gasteiger partial charge in [0.1, 0.15) is 5.82 Å². The third-order valence-electron chi connectivity index (χ3n) is 3.05. The predicted molar refractivity (Wildman–Crippen MR) is 65.3 cm³/mol. The van der Waals surface area contributed by atoms with Crippen molar-refractivity contribution in [3.63, 3.8) is 0 Å². The van der Waals surface area contributed by atoms with Crippen LogP contribution in [0.3, 0.4) is 0 Å². The zero-order valence-electron chi connectivity index (χ0n) is 9.40. The van der Waals surface area contributed by atoms with E-state index in [0.717, 1.165) is 31.3 Å². The van der Waals surface area contributed by atoms with E-state index in [0.29, 0.717) is 5.38 Å². The van der Waals surface area contributed by atoms with Crippen molar-refractivity contribution in [1.29, 1.82) is 0 Å². The summed E-state index contributed by atoms with van der Waals surface area (Å²) in [5, 5.41) is 3.79. The molecule has 2 rings (SSSR count). The summed E-state index contributed by atoms with van der Waals surface area (Å²) < 4.78 is 0. The quantitative estimate of drug-likeness (QED) is 0.820. The Balaban J connectivity index is 1.68. The van der Waals surface area contributed by atoms with Crippen LogP contribution >= 0.6 is 11.6 Å². The summed E-state index contributed by atoms with van der Waals surface area (Å²) in [4.78, 5) is 8.35. The smallest absolute Gasteiger partial charge is 0.141 e. The molecule has 3 nitrogen and oxygen atoms in total. The van der Waals surface area contributed by atoms with Gasteiger partial charge < -0.3 is 5.32 Å². The van der Waals surface area contributed by atoms with Gasteiger partial charge in [-0.15, -0.1) is 11.6 Å². The number of halogens is 1. The molecule has 16 heavy (non-hydrogen) atoms. The largest absolute Gasteiger partial charge is 0.310 e. The molecule has 1 aliphatic rings. The van der Waals surface area contributed by atoms with Crippen LogP contribution in [0, 0.1) is 5.92 Å². The molecule has 0 saturated heterocycles. The van der Waals surface area contributed by atoms with Crippen molar-refractivity contribution in [2.75, 3.05) is 6.54 Å². The highest BCUT2D eigenvalue weighted by atomic mass is 35.5. The highest BCUT2D eigenvalue weighted by Crippen LogP contribution is 2.27. The van der Waals surface area contributed by atoms with Crippen molar-refractivity contribution in [3.05, 3.63) is 24.3 Å². The fourth-order valence-corrected chi connectivity index (χ4v) is 2.63. The van der Waals surface area contributed by atoms with E-state index in [1.165, 1.54) is 19.3 Å². The first-order valence-electron chi connectivity index (χ1n) is 5.95. The van der Waals surface area contributed by atoms with Gasteiger partial charge in [-0.3, -0.25) is 0 Å². The minimum absolute atomic E-state index is 0.383. The molecule has 0 amide bonds. The van der Waals surface area contributed by atoms with Crippen LogP contribution < -0.4 is 5.32 Å². The third-order valence-corrected chi connectivity index (χ3v) is 3.45. The van der Waals surface area contributed by atoms with Crippen molar-refractivity contribution in [1.82, 2.24) is 15.3 Å². The summed E-state index contributed by atoms with van der Waals surface area (Å²) in [6.45, 7) is 1.78. The molecule has 1 fully saturated rings. The minimum atomic E-state index is 0.383. The summed E-state index contributed by atoms with van der Waals surface area (Å²) in [5.41, 5.74) is 0. The van der Waals surface area contributed by atoms with E-state index in [-0.39, 0.29) is 0 Å². The van der Waals surface area contributed by atoms with Crippen LogP contribution in [0.1, 0.15) is 31.5 Å². The lowest BCUT2D eigenvalue weighted by Gasteiger charge is -2.25. The van der Waals surface area contributed by atoms with E-state index >= 15 is 0 Å². The average molecular weight is 240 g/mol. The van der Waals surface area contributed by atoms with Gasteiger partial charge in [-0.1, -0.05) is 6.42 Å². The highest BCUT2D eigenvalue weighted by Gasteiger charge is 2.19. The molecule has 4 heteroatoms. The van der Waals surface area contributed by atoms with Gasteiger partial charge >= 0.3 is 0 Å². The maximum atomic E-state index is 6.15. The number of hydrogen-bond acceptors (Lipinski definition) is 3. The monoisotopic (exact) mass is 239 g/mol. The molecule has 88 valence electrons. The molecule has 1 heterocycles. The van der Waals surface area contributed by atoms with E-state index in [4.69, 9.17) is 11.6 Å². The second-order valence-electron chi connectivity index (χ2n) is 4.43. The Labute approximate surface area is 102 Å². The normalized spacial score (nSPS) is 25.6. The Morgan fingerprint density at radius 1 is 1.31 bits per heavy atom. The topological polar surface area (TPSA) is 37.8 Å². The first kappa shape index (κ1) is 11.8. The molecule has 2 unspecified atom stereocenters. The van der Waals surface area contributed by atoms with Gasteiger partial charge in [0.15, 0.2) is 0 Å². The van der Waals surface area contributed by atoms with Gasteiger partial charge in [-0.05, 0) is 37.8 Å². The molecular formula is C12H18ClN3. The minimum Gasteiger partial charge on any atom is -0.310 e. The van der Waals surface area contributed by atoms with Crippen molar-refractivity contribution in [2.24, 2.45) is 5.92 Å². The first-order chi connectivity index (χ1) is 7.84. The summed E-state index contributed by atoms with van der Waals surface area (Å²) in [6, 6.07) is 1.84. The van der Waals surface area contributed by atoms with Crippen LogP contribution in [-0.2, 0) is 6.54 Å². The average Bonchev–Trinajstić information content (AvgIpc) is 2.30. The fourth-order valence-electron chi connectivity index (χ4n) is 2.22. The number of alkyl halides is 1. The van der Waals surface area contributed by atoms with Gasteiger partial charge in [0.05, 0.1) is 6.54 Å². The SMILES string of the molecule is ClC1CCCC(CNCc2ncccn2)C1. The summed E-state index contributed by atoms with van der Waals surface area (Å²) in [6.07, 6.45) is 8.44. The van der Waals surface area contributed by atoms with Gasteiger partial charge in [0, 0.05) is 17.8 Å². The van der Waals surface area contributed by atoms with E-state index < -0.39 is 0 Å². The highest BCUT2D eigenvalue weighted by molar-refractivity contribution is 6.20. The molecule has 0 aromatic carbocycles. The van der Waals surface area contributed by atoms with E-state index in [1.54, 1.807) is 12.4 Å². The number of rotatable bonds is 4. The van der Waals surface area contributed by atoms with Crippen LogP contribution in [0.2, 0.25) is 0 Å². The van der Waals surface area contributed by atoms with Crippen LogP contribution in [0.15, 0.2) is 18.5 Å². The van der Waals surface area contributed by atoms with Crippen LogP contribution in [0.25, 0.3) is 0 Å². The van der Waals surface area contributed by atoms with Crippen LogP contribution in [0.5, 0.6) is 0 Å². The summed E-state index contributed by atoms with van der Waals surface area (Å²) >= 11 is 6.15. The molecule has 2 atom stereocenters. The summed E-state index contributed by atoms with van der Waals surface area (Å²) in [7, 11) is 0. The Bertz CT molecular complexity index is 304. The van der Waals surface area contributed by atoms with E-state index in [9.17, 15) is 0 Å². The van der Waals surface area contributed by atoms with Crippen LogP contribution in [0.4, 0.5) is 0 Å². The molecule has 1 aromatic rings. The van der Waals surface area contributed by atoms with Gasteiger partial charge in [0.2, 0.25) is 0 Å². The lowest BCUT2D eigenvalue weighted by atomic mass is 9.89. The van der Waals surface area contributed by atoms with Gasteiger partial charge in [0.25, 0.3) is 0 Å². The Hall–Kier alpha value is -0.670. The van der Waals surface area contributed by atoms with Gasteiger partial charge in [-0.2, -0.15) is 0 Å². The zero-order valence-corrected chi connectivity index (χ0v) is 10.2. The third kappa shape index (κ3) is 3.72. The zero-order chi connectivity index (χ0) is 11.2. The molecule has 1 saturated carbocycles. The van der Waals surface area contributed by atoms with Crippen molar-refractivity contribution < 1.29 is 0 Å². The standard InChI is InChI=1S/C12H18ClN3/c13-11-4-1-3-10(7-11)8-14-9-12-15-5-2-6-16-12/h2,5-6,10-11,14H,1,3-4,7-9H2. The van der Waals surface area contributed by atoms with Crippen LogP contribution in [-0.4, -0.2) is 21.9 Å². The first-order valence-corrected chi connectivity index (χ1v) is 6.39. The molecule has 1 aliphatic carbocycles. The maximum Gasteiger partial charge on any atom is 0.141 e. The van der Waals surface area contributed by atoms with Crippen molar-refractivity contribution in [2.45, 2.75) is 37.6 Å². The van der Waals surface area contributed by atoms with Gasteiger partial charge in [-0.25, -0.2) is 9.97 Å². The molecule has 0 bridgehead atoms. The second-order valence-corrected chi connectivity index (χ2v) is 5.04. The molecular weight excluding hydrogens is 222 g/mol. The molecule has 0 spiro atoms. The second kappa shape index (κ2) is 6.16. The van der Waals surface area contributed by atoms with E-state index in [2.05, 4.69) is 15.3 Å². The number of nitrogens with zero attached hydrogens (tertiary/aromatic N) is 2. The molecule has 1 aromatic heterocycles. The number of nitrogens with one attached hydrogen (secondary N) is 1. The molecule has 1 N–H and O–H groups in total.